The van der Waals surface area contributed by atoms with E-state index in [1.54, 1.807) is 19.1 Å². The summed E-state index contributed by atoms with van der Waals surface area (Å²) in [5, 5.41) is 2.82. The molecule has 0 radical (unpaired) electrons. The van der Waals surface area contributed by atoms with Gasteiger partial charge in [-0.3, -0.25) is 14.5 Å². The molecule has 0 aromatic heterocycles. The molecule has 6 nitrogen and oxygen atoms in total. The predicted octanol–water partition coefficient (Wildman–Crippen LogP) is 0.0834. The number of rotatable bonds is 8. The van der Waals surface area contributed by atoms with Crippen molar-refractivity contribution >= 4 is 11.8 Å². The molecule has 0 aliphatic carbocycles. The highest BCUT2D eigenvalue weighted by atomic mass is 16.5. The van der Waals surface area contributed by atoms with E-state index < -0.39 is 0 Å². The third kappa shape index (κ3) is 6.86. The van der Waals surface area contributed by atoms with Crippen LogP contribution in [-0.2, 0) is 14.3 Å². The quantitative estimate of drug-likeness (QED) is 0.642. The molecule has 1 rings (SSSR count). The Morgan fingerprint density at radius 2 is 1.90 bits per heavy atom. The Bertz CT molecular complexity index is 304. The fourth-order valence-electron chi connectivity index (χ4n) is 2.28. The first kappa shape index (κ1) is 16.9. The highest BCUT2D eigenvalue weighted by Crippen LogP contribution is 2.08. The number of ether oxygens (including phenoxy) is 1. The third-order valence-electron chi connectivity index (χ3n) is 3.37. The normalized spacial score (nSPS) is 15.4. The Morgan fingerprint density at radius 1 is 1.20 bits per heavy atom. The predicted molar refractivity (Wildman–Crippen MR) is 77.4 cm³/mol. The molecule has 116 valence electrons. The minimum absolute atomic E-state index is 0.0463. The van der Waals surface area contributed by atoms with E-state index >= 15 is 0 Å². The molecule has 0 unspecified atom stereocenters. The zero-order chi connectivity index (χ0) is 14.8. The highest BCUT2D eigenvalue weighted by molar-refractivity contribution is 5.81. The van der Waals surface area contributed by atoms with Crippen LogP contribution >= 0.6 is 0 Å². The van der Waals surface area contributed by atoms with Crippen molar-refractivity contribution in [3.63, 3.8) is 0 Å². The molecule has 1 fully saturated rings. The second kappa shape index (κ2) is 9.72. The molecule has 0 aromatic rings. The van der Waals surface area contributed by atoms with Crippen LogP contribution in [0, 0.1) is 0 Å². The smallest absolute Gasteiger partial charge is 0.236 e. The molecular formula is C14H27N3O3. The summed E-state index contributed by atoms with van der Waals surface area (Å²) in [4.78, 5) is 27.3. The molecule has 0 spiro atoms. The van der Waals surface area contributed by atoms with Gasteiger partial charge in [-0.15, -0.1) is 0 Å². The lowest BCUT2D eigenvalue weighted by Gasteiger charge is -2.28. The van der Waals surface area contributed by atoms with E-state index in [1.807, 2.05) is 4.90 Å². The van der Waals surface area contributed by atoms with Gasteiger partial charge >= 0.3 is 0 Å². The van der Waals surface area contributed by atoms with Crippen molar-refractivity contribution in [3.8, 4) is 0 Å². The van der Waals surface area contributed by atoms with Gasteiger partial charge in [-0.05, 0) is 32.7 Å². The summed E-state index contributed by atoms with van der Waals surface area (Å²) >= 11 is 0. The van der Waals surface area contributed by atoms with Gasteiger partial charge in [0, 0.05) is 33.4 Å². The number of methoxy groups -OCH3 is 1. The minimum Gasteiger partial charge on any atom is -0.385 e. The number of carbonyl (C=O) groups is 2. The highest BCUT2D eigenvalue weighted by Gasteiger charge is 2.18. The first-order valence-electron chi connectivity index (χ1n) is 7.35. The summed E-state index contributed by atoms with van der Waals surface area (Å²) in [5.41, 5.74) is 0. The Labute approximate surface area is 121 Å². The molecule has 2 amide bonds. The van der Waals surface area contributed by atoms with Crippen LogP contribution in [0.2, 0.25) is 0 Å². The Kier molecular flexibility index (Phi) is 8.22. The fraction of sp³-hybridized carbons (Fsp3) is 0.857. The van der Waals surface area contributed by atoms with Gasteiger partial charge in [-0.2, -0.15) is 0 Å². The van der Waals surface area contributed by atoms with E-state index in [4.69, 9.17) is 4.74 Å². The van der Waals surface area contributed by atoms with Gasteiger partial charge in [0.05, 0.1) is 13.1 Å². The van der Waals surface area contributed by atoms with E-state index in [1.165, 1.54) is 6.42 Å². The second-order valence-corrected chi connectivity index (χ2v) is 5.31. The maximum absolute atomic E-state index is 12.0. The van der Waals surface area contributed by atoms with E-state index in [0.717, 1.165) is 32.4 Å². The van der Waals surface area contributed by atoms with Crippen LogP contribution < -0.4 is 5.32 Å². The van der Waals surface area contributed by atoms with Crippen LogP contribution in [0.3, 0.4) is 0 Å². The van der Waals surface area contributed by atoms with Crippen molar-refractivity contribution in [1.29, 1.82) is 0 Å². The molecule has 0 saturated carbocycles. The van der Waals surface area contributed by atoms with Crippen molar-refractivity contribution in [2.45, 2.75) is 25.7 Å². The lowest BCUT2D eigenvalue weighted by atomic mass is 10.1. The van der Waals surface area contributed by atoms with E-state index in [2.05, 4.69) is 5.32 Å². The minimum atomic E-state index is -0.0463. The standard InChI is InChI=1S/C14H27N3O3/c1-16(11-13(18)15-7-6-10-20-2)12-14(19)17-8-4-3-5-9-17/h3-12H2,1-2H3,(H,15,18). The molecule has 1 heterocycles. The van der Waals surface area contributed by atoms with Crippen LogP contribution in [0.25, 0.3) is 0 Å². The maximum Gasteiger partial charge on any atom is 0.236 e. The average molecular weight is 285 g/mol. The first-order valence-corrected chi connectivity index (χ1v) is 7.35. The van der Waals surface area contributed by atoms with Gasteiger partial charge in [0.15, 0.2) is 0 Å². The van der Waals surface area contributed by atoms with Crippen molar-refractivity contribution < 1.29 is 14.3 Å². The lowest BCUT2D eigenvalue weighted by molar-refractivity contribution is -0.133. The van der Waals surface area contributed by atoms with Crippen LogP contribution in [0.1, 0.15) is 25.7 Å². The number of nitrogens with zero attached hydrogens (tertiary/aromatic N) is 2. The van der Waals surface area contributed by atoms with E-state index in [0.29, 0.717) is 19.7 Å². The number of likely N-dealkylation sites (tertiary alicyclic amines) is 1. The molecule has 1 saturated heterocycles. The topological polar surface area (TPSA) is 61.9 Å². The summed E-state index contributed by atoms with van der Waals surface area (Å²) in [6.07, 6.45) is 4.20. The fourth-order valence-corrected chi connectivity index (χ4v) is 2.28. The maximum atomic E-state index is 12.0. The van der Waals surface area contributed by atoms with Crippen molar-refractivity contribution in [3.05, 3.63) is 0 Å². The first-order chi connectivity index (χ1) is 9.63. The Balaban J connectivity index is 2.16. The number of nitrogens with one attached hydrogen (secondary N) is 1. The summed E-state index contributed by atoms with van der Waals surface area (Å²) in [7, 11) is 3.44. The van der Waals surface area contributed by atoms with Gasteiger partial charge in [0.25, 0.3) is 0 Å². The molecular weight excluding hydrogens is 258 g/mol. The molecule has 6 heteroatoms. The van der Waals surface area contributed by atoms with Crippen LogP contribution in [-0.4, -0.2) is 75.1 Å². The van der Waals surface area contributed by atoms with Crippen molar-refractivity contribution in [2.24, 2.45) is 0 Å². The van der Waals surface area contributed by atoms with Crippen LogP contribution in [0.5, 0.6) is 0 Å². The van der Waals surface area contributed by atoms with Crippen molar-refractivity contribution in [2.75, 3.05) is 53.5 Å². The molecule has 0 bridgehead atoms. The number of hydrogen-bond acceptors (Lipinski definition) is 4. The van der Waals surface area contributed by atoms with Gasteiger partial charge in [-0.25, -0.2) is 0 Å². The molecule has 20 heavy (non-hydrogen) atoms. The summed E-state index contributed by atoms with van der Waals surface area (Å²) in [6, 6.07) is 0. The van der Waals surface area contributed by atoms with Gasteiger partial charge < -0.3 is 15.0 Å². The SMILES string of the molecule is COCCCNC(=O)CN(C)CC(=O)N1CCCCC1. The Hall–Kier alpha value is -1.14. The largest absolute Gasteiger partial charge is 0.385 e. The van der Waals surface area contributed by atoms with Gasteiger partial charge in [0.2, 0.25) is 11.8 Å². The third-order valence-corrected chi connectivity index (χ3v) is 3.37. The number of carbonyl (C=O) groups excluding carboxylic acids is 2. The zero-order valence-corrected chi connectivity index (χ0v) is 12.7. The number of hydrogen-bond donors (Lipinski definition) is 1. The molecule has 0 atom stereocenters. The van der Waals surface area contributed by atoms with E-state index in [-0.39, 0.29) is 18.4 Å². The lowest BCUT2D eigenvalue weighted by Crippen LogP contribution is -2.44. The monoisotopic (exact) mass is 285 g/mol. The second-order valence-electron chi connectivity index (χ2n) is 5.31. The average Bonchev–Trinajstić information content (AvgIpc) is 2.44. The van der Waals surface area contributed by atoms with Gasteiger partial charge in [0.1, 0.15) is 0 Å². The van der Waals surface area contributed by atoms with Crippen LogP contribution in [0.15, 0.2) is 0 Å². The van der Waals surface area contributed by atoms with Crippen molar-refractivity contribution in [1.82, 2.24) is 15.1 Å². The summed E-state index contributed by atoms with van der Waals surface area (Å²) in [6.45, 7) is 3.54. The van der Waals surface area contributed by atoms with Crippen LogP contribution in [0.4, 0.5) is 0 Å². The summed E-state index contributed by atoms with van der Waals surface area (Å²) in [5.74, 6) is 0.0782. The Morgan fingerprint density at radius 3 is 2.55 bits per heavy atom. The zero-order valence-electron chi connectivity index (χ0n) is 12.7. The van der Waals surface area contributed by atoms with E-state index in [9.17, 15) is 9.59 Å². The number of amides is 2. The molecule has 0 aromatic carbocycles. The van der Waals surface area contributed by atoms with Gasteiger partial charge in [-0.1, -0.05) is 0 Å². The number of piperidine rings is 1. The molecule has 1 aliphatic rings. The summed E-state index contributed by atoms with van der Waals surface area (Å²) < 4.78 is 4.91. The molecule has 1 aliphatic heterocycles. The number of likely N-dealkylation sites (N-methyl/N-ethyl adjacent to an activating group) is 1. The molecule has 1 N–H and O–H groups in total.